The number of benzene rings is 1. The van der Waals surface area contributed by atoms with Crippen LogP contribution < -0.4 is 9.47 Å². The summed E-state index contributed by atoms with van der Waals surface area (Å²) in [5, 5.41) is 20.2. The van der Waals surface area contributed by atoms with Crippen LogP contribution in [-0.4, -0.2) is 40.0 Å². The molecule has 0 saturated heterocycles. The quantitative estimate of drug-likeness (QED) is 0.809. The first-order valence-electron chi connectivity index (χ1n) is 7.39. The van der Waals surface area contributed by atoms with Crippen molar-refractivity contribution in [3.63, 3.8) is 0 Å². The number of phenols is 2. The van der Waals surface area contributed by atoms with Crippen molar-refractivity contribution in [2.75, 3.05) is 13.2 Å². The third-order valence-electron chi connectivity index (χ3n) is 3.63. The van der Waals surface area contributed by atoms with Crippen LogP contribution in [0.4, 0.5) is 0 Å². The van der Waals surface area contributed by atoms with Crippen LogP contribution in [-0.2, 0) is 0 Å². The molecule has 2 heterocycles. The topological polar surface area (TPSA) is 106 Å². The Balaban J connectivity index is 1.77. The number of carbonyl (C=O) groups excluding carboxylic acids is 2. The lowest BCUT2D eigenvalue weighted by atomic mass is 10.00. The normalized spacial score (nSPS) is 12.7. The number of ether oxygens (including phenoxy) is 2. The van der Waals surface area contributed by atoms with Crippen LogP contribution in [0.3, 0.4) is 0 Å². The molecule has 0 amide bonds. The summed E-state index contributed by atoms with van der Waals surface area (Å²) in [6.45, 7) is 0.525. The van der Waals surface area contributed by atoms with Gasteiger partial charge in [0.15, 0.2) is 23.1 Å². The van der Waals surface area contributed by atoms with E-state index in [0.717, 1.165) is 0 Å². The molecule has 0 atom stereocenters. The molecule has 0 fully saturated rings. The average Bonchev–Trinajstić information content (AvgIpc) is 2.60. The Kier molecular flexibility index (Phi) is 4.33. The SMILES string of the molecule is O=C(CCC(=O)c1c(O)cc2c(c1O)OCCO2)c1cccnc1. The maximum Gasteiger partial charge on any atom is 0.204 e. The molecule has 0 aliphatic carbocycles. The molecule has 0 unspecified atom stereocenters. The number of carbonyl (C=O) groups is 2. The van der Waals surface area contributed by atoms with Gasteiger partial charge in [-0.1, -0.05) is 0 Å². The lowest BCUT2D eigenvalue weighted by molar-refractivity contribution is 0.0912. The van der Waals surface area contributed by atoms with Crippen LogP contribution >= 0.6 is 0 Å². The average molecular weight is 329 g/mol. The predicted molar refractivity (Wildman–Crippen MR) is 82.9 cm³/mol. The van der Waals surface area contributed by atoms with Crippen molar-refractivity contribution >= 4 is 11.6 Å². The third kappa shape index (κ3) is 3.01. The van der Waals surface area contributed by atoms with Crippen molar-refractivity contribution in [2.45, 2.75) is 12.8 Å². The fraction of sp³-hybridized carbons (Fsp3) is 0.235. The van der Waals surface area contributed by atoms with Crippen molar-refractivity contribution in [3.8, 4) is 23.0 Å². The van der Waals surface area contributed by atoms with Gasteiger partial charge in [-0.25, -0.2) is 0 Å². The molecule has 2 N–H and O–H groups in total. The molecule has 7 nitrogen and oxygen atoms in total. The number of rotatable bonds is 5. The monoisotopic (exact) mass is 329 g/mol. The van der Waals surface area contributed by atoms with Gasteiger partial charge in [0.1, 0.15) is 24.5 Å². The summed E-state index contributed by atoms with van der Waals surface area (Å²) in [6.07, 6.45) is 2.76. The zero-order valence-corrected chi connectivity index (χ0v) is 12.7. The Hall–Kier alpha value is -3.09. The second-order valence-corrected chi connectivity index (χ2v) is 5.23. The predicted octanol–water partition coefficient (Wildman–Crippen LogP) is 2.11. The Morgan fingerprint density at radius 3 is 2.62 bits per heavy atom. The molecule has 24 heavy (non-hydrogen) atoms. The van der Waals surface area contributed by atoms with Gasteiger partial charge < -0.3 is 19.7 Å². The van der Waals surface area contributed by atoms with E-state index in [9.17, 15) is 19.8 Å². The van der Waals surface area contributed by atoms with E-state index in [1.54, 1.807) is 18.3 Å². The van der Waals surface area contributed by atoms with Crippen LogP contribution in [0.15, 0.2) is 30.6 Å². The molecule has 2 aromatic rings. The Morgan fingerprint density at radius 2 is 1.88 bits per heavy atom. The van der Waals surface area contributed by atoms with Gasteiger partial charge >= 0.3 is 0 Å². The van der Waals surface area contributed by atoms with Crippen molar-refractivity contribution in [3.05, 3.63) is 41.7 Å². The number of aromatic nitrogens is 1. The molecule has 1 aromatic carbocycles. The van der Waals surface area contributed by atoms with E-state index in [2.05, 4.69) is 4.98 Å². The van der Waals surface area contributed by atoms with E-state index >= 15 is 0 Å². The van der Waals surface area contributed by atoms with E-state index < -0.39 is 17.3 Å². The minimum Gasteiger partial charge on any atom is -0.507 e. The number of hydrogen-bond donors (Lipinski definition) is 2. The Morgan fingerprint density at radius 1 is 1.12 bits per heavy atom. The summed E-state index contributed by atoms with van der Waals surface area (Å²) >= 11 is 0. The van der Waals surface area contributed by atoms with Crippen molar-refractivity contribution in [1.29, 1.82) is 0 Å². The molecule has 1 aromatic heterocycles. The summed E-state index contributed by atoms with van der Waals surface area (Å²) < 4.78 is 10.5. The number of aromatic hydroxyl groups is 2. The van der Waals surface area contributed by atoms with Gasteiger partial charge in [0, 0.05) is 36.9 Å². The number of ketones is 2. The number of Topliss-reactive ketones (excluding diaryl/α,β-unsaturated/α-hetero) is 2. The standard InChI is InChI=1S/C17H15NO6/c19-11(10-2-1-5-18-9-10)3-4-12(20)15-13(21)8-14-17(16(15)22)24-7-6-23-14/h1-2,5,8-9,21-22H,3-4,6-7H2. The number of phenolic OH excluding ortho intramolecular Hbond substituents is 2. The minimum atomic E-state index is -0.556. The number of nitrogens with zero attached hydrogens (tertiary/aromatic N) is 1. The Labute approximate surface area is 137 Å². The van der Waals surface area contributed by atoms with Crippen molar-refractivity contribution in [2.24, 2.45) is 0 Å². The number of pyridine rings is 1. The molecule has 0 saturated carbocycles. The van der Waals surface area contributed by atoms with E-state index in [-0.39, 0.29) is 42.3 Å². The van der Waals surface area contributed by atoms with E-state index in [1.165, 1.54) is 12.3 Å². The molecule has 7 heteroatoms. The van der Waals surface area contributed by atoms with Crippen LogP contribution in [0, 0.1) is 0 Å². The highest BCUT2D eigenvalue weighted by molar-refractivity contribution is 6.05. The maximum atomic E-state index is 12.3. The first-order valence-corrected chi connectivity index (χ1v) is 7.39. The third-order valence-corrected chi connectivity index (χ3v) is 3.63. The lowest BCUT2D eigenvalue weighted by Crippen LogP contribution is -2.16. The second kappa shape index (κ2) is 6.57. The van der Waals surface area contributed by atoms with Crippen molar-refractivity contribution < 1.29 is 29.3 Å². The summed E-state index contributed by atoms with van der Waals surface area (Å²) in [6, 6.07) is 4.47. The lowest BCUT2D eigenvalue weighted by Gasteiger charge is -2.21. The molecular weight excluding hydrogens is 314 g/mol. The highest BCUT2D eigenvalue weighted by Crippen LogP contribution is 2.45. The van der Waals surface area contributed by atoms with Gasteiger partial charge in [-0.15, -0.1) is 0 Å². The fourth-order valence-corrected chi connectivity index (χ4v) is 2.45. The van der Waals surface area contributed by atoms with Crippen LogP contribution in [0.2, 0.25) is 0 Å². The summed E-state index contributed by atoms with van der Waals surface area (Å²) in [5.74, 6) is -1.47. The minimum absolute atomic E-state index is 0.0287. The summed E-state index contributed by atoms with van der Waals surface area (Å²) in [4.78, 5) is 28.2. The fourth-order valence-electron chi connectivity index (χ4n) is 2.45. The first kappa shape index (κ1) is 15.8. The van der Waals surface area contributed by atoms with Gasteiger partial charge in [0.2, 0.25) is 5.75 Å². The largest absolute Gasteiger partial charge is 0.507 e. The maximum absolute atomic E-state index is 12.3. The number of hydrogen-bond acceptors (Lipinski definition) is 7. The van der Waals surface area contributed by atoms with Crippen LogP contribution in [0.5, 0.6) is 23.0 Å². The van der Waals surface area contributed by atoms with E-state index in [0.29, 0.717) is 12.2 Å². The first-order chi connectivity index (χ1) is 11.6. The molecule has 124 valence electrons. The molecule has 0 radical (unpaired) electrons. The molecule has 1 aliphatic heterocycles. The van der Waals surface area contributed by atoms with Gasteiger partial charge in [-0.05, 0) is 12.1 Å². The zero-order chi connectivity index (χ0) is 17.1. The van der Waals surface area contributed by atoms with Gasteiger partial charge in [0.05, 0.1) is 0 Å². The van der Waals surface area contributed by atoms with Gasteiger partial charge in [0.25, 0.3) is 0 Å². The number of fused-ring (bicyclic) bond motifs is 1. The van der Waals surface area contributed by atoms with Crippen LogP contribution in [0.25, 0.3) is 0 Å². The molecule has 3 rings (SSSR count). The van der Waals surface area contributed by atoms with E-state index in [1.807, 2.05) is 0 Å². The molecule has 0 spiro atoms. The Bertz CT molecular complexity index is 787. The van der Waals surface area contributed by atoms with E-state index in [4.69, 9.17) is 9.47 Å². The molecular formula is C17H15NO6. The van der Waals surface area contributed by atoms with Crippen LogP contribution in [0.1, 0.15) is 33.6 Å². The summed E-state index contributed by atoms with van der Waals surface area (Å²) in [5.41, 5.74) is 0.138. The summed E-state index contributed by atoms with van der Waals surface area (Å²) in [7, 11) is 0. The molecule has 0 bridgehead atoms. The zero-order valence-electron chi connectivity index (χ0n) is 12.7. The second-order valence-electron chi connectivity index (χ2n) is 5.23. The van der Waals surface area contributed by atoms with Gasteiger partial charge in [-0.2, -0.15) is 0 Å². The van der Waals surface area contributed by atoms with Gasteiger partial charge in [-0.3, -0.25) is 14.6 Å². The van der Waals surface area contributed by atoms with Crippen molar-refractivity contribution in [1.82, 2.24) is 4.98 Å². The highest BCUT2D eigenvalue weighted by atomic mass is 16.6. The molecule has 1 aliphatic rings. The highest BCUT2D eigenvalue weighted by Gasteiger charge is 2.26. The smallest absolute Gasteiger partial charge is 0.204 e.